The second kappa shape index (κ2) is 14.3. The number of ether oxygens (including phenoxy) is 2. The minimum atomic E-state index is -2.97. The summed E-state index contributed by atoms with van der Waals surface area (Å²) in [5, 5.41) is 6.52. The number of carbonyl (C=O) groups is 3. The molecule has 10 nitrogen and oxygen atoms in total. The number of alkyl halides is 2. The topological polar surface area (TPSA) is 124 Å². The lowest BCUT2D eigenvalue weighted by Crippen LogP contribution is -2.47. The van der Waals surface area contributed by atoms with Crippen LogP contribution in [0, 0.1) is 11.3 Å². The molecule has 3 rings (SSSR count). The number of rotatable bonds is 14. The molecular weight excluding hydrogens is 526 g/mol. The van der Waals surface area contributed by atoms with Gasteiger partial charge < -0.3 is 24.2 Å². The molecule has 2 unspecified atom stereocenters. The number of para-hydroxylation sites is 1. The third-order valence-electron chi connectivity index (χ3n) is 6.84. The molecule has 0 radical (unpaired) electrons. The predicted octanol–water partition coefficient (Wildman–Crippen LogP) is 3.84. The number of aryl methyl sites for hydroxylation is 1. The molecular formula is C28H38F2N4O6. The number of hydrogen-bond acceptors (Lipinski definition) is 8. The third-order valence-corrected chi connectivity index (χ3v) is 6.84. The zero-order chi connectivity index (χ0) is 29.3. The summed E-state index contributed by atoms with van der Waals surface area (Å²) in [4.78, 5) is 45.6. The monoisotopic (exact) mass is 564 g/mol. The van der Waals surface area contributed by atoms with Crippen LogP contribution in [0.5, 0.6) is 5.75 Å². The highest BCUT2D eigenvalue weighted by molar-refractivity contribution is 5.99. The Morgan fingerprint density at radius 1 is 1.15 bits per heavy atom. The van der Waals surface area contributed by atoms with Crippen molar-refractivity contribution in [3.05, 3.63) is 41.5 Å². The average molecular weight is 565 g/mol. The summed E-state index contributed by atoms with van der Waals surface area (Å²) in [6, 6.07) is 5.62. The summed E-state index contributed by atoms with van der Waals surface area (Å²) in [5.41, 5.74) is -0.0264. The number of aromatic nitrogens is 2. The van der Waals surface area contributed by atoms with Crippen molar-refractivity contribution < 1.29 is 37.2 Å². The molecule has 1 aromatic heterocycles. The van der Waals surface area contributed by atoms with Crippen LogP contribution in [0.3, 0.4) is 0 Å². The van der Waals surface area contributed by atoms with E-state index in [1.54, 1.807) is 30.0 Å². The third kappa shape index (κ3) is 8.80. The molecule has 1 saturated heterocycles. The standard InChI is InChI=1S/C28H38F2N4O6/c1-5-20(24(36)25-32-22(6-2)40-33-25)31-26(37)19(15-23(35)34-11-13-38-14-12-34)17-28(3,4)16-18-9-7-8-10-21(18)39-27(29)30/h7-10,19-20,27H,5-6,11-17H2,1-4H3,(H,31,37). The van der Waals surface area contributed by atoms with Crippen molar-refractivity contribution in [2.24, 2.45) is 11.3 Å². The molecule has 1 fully saturated rings. The number of nitrogens with zero attached hydrogens (tertiary/aromatic N) is 3. The number of hydrogen-bond donors (Lipinski definition) is 1. The molecule has 2 heterocycles. The van der Waals surface area contributed by atoms with E-state index in [0.717, 1.165) is 0 Å². The van der Waals surface area contributed by atoms with Gasteiger partial charge in [-0.15, -0.1) is 0 Å². The maximum absolute atomic E-state index is 13.6. The van der Waals surface area contributed by atoms with Gasteiger partial charge in [-0.1, -0.05) is 51.1 Å². The highest BCUT2D eigenvalue weighted by Gasteiger charge is 2.34. The van der Waals surface area contributed by atoms with E-state index in [0.29, 0.717) is 50.6 Å². The molecule has 2 atom stereocenters. The van der Waals surface area contributed by atoms with E-state index in [1.165, 1.54) is 6.07 Å². The molecule has 0 spiro atoms. The first-order chi connectivity index (χ1) is 19.0. The van der Waals surface area contributed by atoms with Gasteiger partial charge in [0.2, 0.25) is 29.3 Å². The van der Waals surface area contributed by atoms with Crippen molar-refractivity contribution in [2.45, 2.75) is 72.5 Å². The molecule has 220 valence electrons. The van der Waals surface area contributed by atoms with E-state index in [9.17, 15) is 23.2 Å². The van der Waals surface area contributed by atoms with E-state index in [2.05, 4.69) is 15.5 Å². The zero-order valence-corrected chi connectivity index (χ0v) is 23.5. The summed E-state index contributed by atoms with van der Waals surface area (Å²) < 4.78 is 41.0. The Kier molecular flexibility index (Phi) is 11.1. The number of Topliss-reactive ketones (excluding diaryl/α,β-unsaturated/α-hetero) is 1. The van der Waals surface area contributed by atoms with Crippen LogP contribution in [0.1, 0.15) is 69.0 Å². The van der Waals surface area contributed by atoms with Crippen LogP contribution in [0.25, 0.3) is 0 Å². The summed E-state index contributed by atoms with van der Waals surface area (Å²) >= 11 is 0. The maximum Gasteiger partial charge on any atom is 0.387 e. The molecule has 1 aliphatic rings. The molecule has 1 aromatic carbocycles. The van der Waals surface area contributed by atoms with Gasteiger partial charge in [0.1, 0.15) is 5.75 Å². The van der Waals surface area contributed by atoms with Crippen LogP contribution in [-0.2, 0) is 27.2 Å². The van der Waals surface area contributed by atoms with E-state index < -0.39 is 35.7 Å². The van der Waals surface area contributed by atoms with E-state index in [-0.39, 0.29) is 36.7 Å². The Morgan fingerprint density at radius 2 is 1.85 bits per heavy atom. The number of amides is 2. The average Bonchev–Trinajstić information content (AvgIpc) is 3.41. The first kappa shape index (κ1) is 31.1. The quantitative estimate of drug-likeness (QED) is 0.344. The lowest BCUT2D eigenvalue weighted by molar-refractivity contribution is -0.140. The lowest BCUT2D eigenvalue weighted by Gasteiger charge is -2.32. The van der Waals surface area contributed by atoms with Crippen molar-refractivity contribution in [1.82, 2.24) is 20.4 Å². The van der Waals surface area contributed by atoms with E-state index >= 15 is 0 Å². The zero-order valence-electron chi connectivity index (χ0n) is 23.5. The number of carbonyl (C=O) groups excluding carboxylic acids is 3. The van der Waals surface area contributed by atoms with Crippen molar-refractivity contribution >= 4 is 17.6 Å². The Bertz CT molecular complexity index is 1150. The van der Waals surface area contributed by atoms with Crippen LogP contribution in [0.2, 0.25) is 0 Å². The number of nitrogens with one attached hydrogen (secondary N) is 1. The normalized spacial score (nSPS) is 15.5. The number of benzene rings is 1. The van der Waals surface area contributed by atoms with Gasteiger partial charge >= 0.3 is 6.61 Å². The van der Waals surface area contributed by atoms with Crippen molar-refractivity contribution in [1.29, 1.82) is 0 Å². The minimum absolute atomic E-state index is 0.0687. The summed E-state index contributed by atoms with van der Waals surface area (Å²) in [6.45, 7) is 6.12. The fourth-order valence-corrected chi connectivity index (χ4v) is 4.82. The first-order valence-corrected chi connectivity index (χ1v) is 13.6. The van der Waals surface area contributed by atoms with Gasteiger partial charge in [-0.05, 0) is 36.3 Å². The van der Waals surface area contributed by atoms with Gasteiger partial charge in [0.05, 0.1) is 19.3 Å². The maximum atomic E-state index is 13.6. The number of halogens is 2. The largest absolute Gasteiger partial charge is 0.435 e. The van der Waals surface area contributed by atoms with Crippen LogP contribution in [-0.4, -0.2) is 71.6 Å². The lowest BCUT2D eigenvalue weighted by atomic mass is 9.76. The van der Waals surface area contributed by atoms with E-state index in [1.807, 2.05) is 20.8 Å². The SMILES string of the molecule is CCc1nc(C(=O)C(CC)NC(=O)C(CC(=O)N2CCOCC2)CC(C)(C)Cc2ccccc2OC(F)F)no1. The molecule has 2 aromatic rings. The van der Waals surface area contributed by atoms with Gasteiger partial charge in [-0.25, -0.2) is 0 Å². The fraction of sp³-hybridized carbons (Fsp3) is 0.607. The highest BCUT2D eigenvalue weighted by Crippen LogP contribution is 2.35. The van der Waals surface area contributed by atoms with Crippen molar-refractivity contribution in [3.8, 4) is 5.75 Å². The van der Waals surface area contributed by atoms with Crippen LogP contribution in [0.4, 0.5) is 8.78 Å². The molecule has 40 heavy (non-hydrogen) atoms. The Labute approximate surface area is 232 Å². The van der Waals surface area contributed by atoms with Gasteiger partial charge in [0.25, 0.3) is 0 Å². The highest BCUT2D eigenvalue weighted by atomic mass is 19.3. The van der Waals surface area contributed by atoms with Gasteiger partial charge in [0.15, 0.2) is 0 Å². The van der Waals surface area contributed by atoms with E-state index in [4.69, 9.17) is 14.0 Å². The van der Waals surface area contributed by atoms with Gasteiger partial charge in [-0.2, -0.15) is 13.8 Å². The predicted molar refractivity (Wildman–Crippen MR) is 141 cm³/mol. The summed E-state index contributed by atoms with van der Waals surface area (Å²) in [5.74, 6) is -1.63. The van der Waals surface area contributed by atoms with Gasteiger partial charge in [0, 0.05) is 31.8 Å². The molecule has 1 N–H and O–H groups in total. The summed E-state index contributed by atoms with van der Waals surface area (Å²) in [7, 11) is 0. The molecule has 0 bridgehead atoms. The van der Waals surface area contributed by atoms with Crippen LogP contribution < -0.4 is 10.1 Å². The Balaban J connectivity index is 1.79. The smallest absolute Gasteiger partial charge is 0.387 e. The molecule has 12 heteroatoms. The number of ketones is 1. The Morgan fingerprint density at radius 3 is 2.48 bits per heavy atom. The number of morpholine rings is 1. The Hall–Kier alpha value is -3.41. The first-order valence-electron chi connectivity index (χ1n) is 13.6. The summed E-state index contributed by atoms with van der Waals surface area (Å²) in [6.07, 6.45) is 1.26. The fourth-order valence-electron chi connectivity index (χ4n) is 4.82. The van der Waals surface area contributed by atoms with Crippen LogP contribution >= 0.6 is 0 Å². The second-order valence-electron chi connectivity index (χ2n) is 10.6. The molecule has 1 aliphatic heterocycles. The van der Waals surface area contributed by atoms with Crippen LogP contribution in [0.15, 0.2) is 28.8 Å². The van der Waals surface area contributed by atoms with Gasteiger partial charge in [-0.3, -0.25) is 14.4 Å². The van der Waals surface area contributed by atoms with Crippen molar-refractivity contribution in [2.75, 3.05) is 26.3 Å². The molecule has 0 aliphatic carbocycles. The molecule has 0 saturated carbocycles. The van der Waals surface area contributed by atoms with Crippen molar-refractivity contribution in [3.63, 3.8) is 0 Å². The molecule has 2 amide bonds. The second-order valence-corrected chi connectivity index (χ2v) is 10.6. The minimum Gasteiger partial charge on any atom is -0.435 e.